The number of nitrogens with one attached hydrogen (secondary N) is 1. The molecule has 0 radical (unpaired) electrons. The molecule has 2 aliphatic rings. The van der Waals surface area contributed by atoms with Crippen molar-refractivity contribution in [3.05, 3.63) is 17.8 Å². The molecule has 1 N–H and O–H groups in total. The fraction of sp³-hybridized carbons (Fsp3) is 0.647. The quantitative estimate of drug-likeness (QED) is 0.906. The zero-order valence-electron chi connectivity index (χ0n) is 14.5. The van der Waals surface area contributed by atoms with Crippen LogP contribution in [0.4, 0.5) is 10.5 Å². The molecule has 0 bridgehead atoms. The molecule has 1 unspecified atom stereocenters. The molecule has 3 heterocycles. The summed E-state index contributed by atoms with van der Waals surface area (Å²) in [5, 5.41) is 2.93. The van der Waals surface area contributed by atoms with Gasteiger partial charge in [0.05, 0.1) is 20.3 Å². The van der Waals surface area contributed by atoms with Crippen molar-refractivity contribution in [2.45, 2.75) is 13.3 Å². The molecule has 3 rings (SSSR count). The Hall–Kier alpha value is -1.86. The van der Waals surface area contributed by atoms with E-state index in [1.54, 1.807) is 13.3 Å². The van der Waals surface area contributed by atoms with Gasteiger partial charge in [0, 0.05) is 38.9 Å². The number of hydrogen-bond donors (Lipinski definition) is 1. The van der Waals surface area contributed by atoms with E-state index in [4.69, 9.17) is 9.47 Å². The summed E-state index contributed by atoms with van der Waals surface area (Å²) in [5.41, 5.74) is 1.61. The first-order valence-electron chi connectivity index (χ1n) is 8.52. The van der Waals surface area contributed by atoms with Crippen LogP contribution in [0.15, 0.2) is 12.3 Å². The van der Waals surface area contributed by atoms with E-state index in [0.717, 1.165) is 57.9 Å². The Kier molecular flexibility index (Phi) is 5.52. The van der Waals surface area contributed by atoms with Gasteiger partial charge in [0.25, 0.3) is 0 Å². The number of ether oxygens (including phenoxy) is 2. The Morgan fingerprint density at radius 3 is 2.96 bits per heavy atom. The number of carbonyl (C=O) groups is 1. The molecule has 0 aliphatic carbocycles. The van der Waals surface area contributed by atoms with Crippen LogP contribution in [0.5, 0.6) is 5.88 Å². The first-order valence-corrected chi connectivity index (χ1v) is 8.52. The van der Waals surface area contributed by atoms with Crippen LogP contribution in [0.2, 0.25) is 0 Å². The lowest BCUT2D eigenvalue weighted by Gasteiger charge is -2.29. The Morgan fingerprint density at radius 2 is 2.21 bits per heavy atom. The third kappa shape index (κ3) is 4.15. The number of aromatic nitrogens is 1. The second-order valence-electron chi connectivity index (χ2n) is 6.51. The van der Waals surface area contributed by atoms with Crippen LogP contribution < -0.4 is 10.1 Å². The monoisotopic (exact) mass is 334 g/mol. The average Bonchev–Trinajstić information content (AvgIpc) is 3.05. The number of hydrogen-bond acceptors (Lipinski definition) is 5. The molecule has 1 aromatic heterocycles. The molecule has 0 spiro atoms. The zero-order valence-corrected chi connectivity index (χ0v) is 14.5. The first-order chi connectivity index (χ1) is 11.7. The molecule has 2 aliphatic heterocycles. The highest BCUT2D eigenvalue weighted by molar-refractivity contribution is 5.90. The summed E-state index contributed by atoms with van der Waals surface area (Å²) < 4.78 is 10.6. The van der Waals surface area contributed by atoms with Crippen molar-refractivity contribution >= 4 is 11.7 Å². The SMILES string of the molecule is COc1ncc(C)cc1NC(=O)N1CCC(CN2CCOCC2)C1. The third-order valence-corrected chi connectivity index (χ3v) is 4.62. The van der Waals surface area contributed by atoms with E-state index in [1.807, 2.05) is 17.9 Å². The molecule has 24 heavy (non-hydrogen) atoms. The molecule has 0 saturated carbocycles. The van der Waals surface area contributed by atoms with Crippen LogP contribution in [-0.2, 0) is 4.74 Å². The summed E-state index contributed by atoms with van der Waals surface area (Å²) in [5.74, 6) is 0.976. The van der Waals surface area contributed by atoms with E-state index in [1.165, 1.54) is 0 Å². The topological polar surface area (TPSA) is 66.9 Å². The summed E-state index contributed by atoms with van der Waals surface area (Å²) in [6.07, 6.45) is 2.77. The minimum atomic E-state index is -0.0785. The number of pyridine rings is 1. The zero-order chi connectivity index (χ0) is 16.9. The number of carbonyl (C=O) groups excluding carboxylic acids is 1. The van der Waals surface area contributed by atoms with Crippen LogP contribution in [0.3, 0.4) is 0 Å². The van der Waals surface area contributed by atoms with Gasteiger partial charge in [-0.25, -0.2) is 9.78 Å². The van der Waals surface area contributed by atoms with Crippen molar-refractivity contribution in [1.29, 1.82) is 0 Å². The van der Waals surface area contributed by atoms with Crippen molar-refractivity contribution in [2.75, 3.05) is 58.4 Å². The first kappa shape index (κ1) is 17.0. The van der Waals surface area contributed by atoms with Crippen LogP contribution in [0.25, 0.3) is 0 Å². The number of methoxy groups -OCH3 is 1. The molecule has 7 nitrogen and oxygen atoms in total. The Balaban J connectivity index is 1.53. The van der Waals surface area contributed by atoms with Crippen molar-refractivity contribution in [2.24, 2.45) is 5.92 Å². The van der Waals surface area contributed by atoms with Crippen LogP contribution in [0.1, 0.15) is 12.0 Å². The van der Waals surface area contributed by atoms with E-state index >= 15 is 0 Å². The standard InChI is InChI=1S/C17H26N4O3/c1-13-9-15(16(23-2)18-10-13)19-17(22)21-4-3-14(12-21)11-20-5-7-24-8-6-20/h9-10,14H,3-8,11-12H2,1-2H3,(H,19,22). The van der Waals surface area contributed by atoms with Gasteiger partial charge in [0.2, 0.25) is 5.88 Å². The second kappa shape index (κ2) is 7.81. The predicted octanol–water partition coefficient (Wildman–Crippen LogP) is 1.58. The average molecular weight is 334 g/mol. The number of anilines is 1. The molecule has 2 fully saturated rings. The van der Waals surface area contributed by atoms with Gasteiger partial charge in [0.1, 0.15) is 5.69 Å². The maximum Gasteiger partial charge on any atom is 0.322 e. The van der Waals surface area contributed by atoms with E-state index < -0.39 is 0 Å². The van der Waals surface area contributed by atoms with Crippen molar-refractivity contribution in [3.8, 4) is 5.88 Å². The fourth-order valence-corrected chi connectivity index (χ4v) is 3.32. The number of rotatable bonds is 4. The van der Waals surface area contributed by atoms with Crippen LogP contribution in [-0.4, -0.2) is 73.9 Å². The molecule has 1 aromatic rings. The van der Waals surface area contributed by atoms with Gasteiger partial charge in [-0.05, 0) is 30.9 Å². The summed E-state index contributed by atoms with van der Waals surface area (Å²) >= 11 is 0. The fourth-order valence-electron chi connectivity index (χ4n) is 3.32. The van der Waals surface area contributed by atoms with E-state index in [9.17, 15) is 4.79 Å². The van der Waals surface area contributed by atoms with Gasteiger partial charge in [-0.3, -0.25) is 4.90 Å². The number of amides is 2. The van der Waals surface area contributed by atoms with Gasteiger partial charge in [0.15, 0.2) is 0 Å². The lowest BCUT2D eigenvalue weighted by Crippen LogP contribution is -2.40. The van der Waals surface area contributed by atoms with Gasteiger partial charge in [-0.2, -0.15) is 0 Å². The summed E-state index contributed by atoms with van der Waals surface area (Å²) in [4.78, 5) is 21.0. The second-order valence-corrected chi connectivity index (χ2v) is 6.51. The van der Waals surface area contributed by atoms with Gasteiger partial charge < -0.3 is 19.7 Å². The van der Waals surface area contributed by atoms with E-state index in [0.29, 0.717) is 17.5 Å². The normalized spacial score (nSPS) is 21.8. The predicted molar refractivity (Wildman–Crippen MR) is 91.5 cm³/mol. The van der Waals surface area contributed by atoms with Crippen LogP contribution in [0, 0.1) is 12.8 Å². The number of aryl methyl sites for hydroxylation is 1. The summed E-state index contributed by atoms with van der Waals surface area (Å²) in [7, 11) is 1.56. The maximum absolute atomic E-state index is 12.5. The van der Waals surface area contributed by atoms with E-state index in [2.05, 4.69) is 15.2 Å². The molecular weight excluding hydrogens is 308 g/mol. The van der Waals surface area contributed by atoms with Crippen molar-refractivity contribution < 1.29 is 14.3 Å². The number of likely N-dealkylation sites (tertiary alicyclic amines) is 1. The molecule has 132 valence electrons. The van der Waals surface area contributed by atoms with Crippen molar-refractivity contribution in [1.82, 2.24) is 14.8 Å². The van der Waals surface area contributed by atoms with Gasteiger partial charge in [-0.1, -0.05) is 0 Å². The largest absolute Gasteiger partial charge is 0.480 e. The number of nitrogens with zero attached hydrogens (tertiary/aromatic N) is 3. The number of morpholine rings is 1. The molecule has 1 atom stereocenters. The summed E-state index contributed by atoms with van der Waals surface area (Å²) in [6.45, 7) is 8.20. The highest BCUT2D eigenvalue weighted by Gasteiger charge is 2.28. The molecule has 2 saturated heterocycles. The Bertz CT molecular complexity index is 575. The smallest absolute Gasteiger partial charge is 0.322 e. The third-order valence-electron chi connectivity index (χ3n) is 4.62. The van der Waals surface area contributed by atoms with Gasteiger partial charge >= 0.3 is 6.03 Å². The lowest BCUT2D eigenvalue weighted by molar-refractivity contribution is 0.0314. The molecule has 0 aromatic carbocycles. The Morgan fingerprint density at radius 1 is 1.42 bits per heavy atom. The van der Waals surface area contributed by atoms with Crippen LogP contribution >= 0.6 is 0 Å². The molecule has 7 heteroatoms. The highest BCUT2D eigenvalue weighted by Crippen LogP contribution is 2.24. The van der Waals surface area contributed by atoms with E-state index in [-0.39, 0.29) is 6.03 Å². The maximum atomic E-state index is 12.5. The lowest BCUT2D eigenvalue weighted by atomic mass is 10.1. The minimum absolute atomic E-state index is 0.0785. The summed E-state index contributed by atoms with van der Waals surface area (Å²) in [6, 6.07) is 1.80. The number of urea groups is 1. The molecule has 2 amide bonds. The molecular formula is C17H26N4O3. The van der Waals surface area contributed by atoms with Crippen molar-refractivity contribution in [3.63, 3.8) is 0 Å². The minimum Gasteiger partial charge on any atom is -0.480 e. The Labute approximate surface area is 142 Å². The van der Waals surface area contributed by atoms with Gasteiger partial charge in [-0.15, -0.1) is 0 Å². The highest BCUT2D eigenvalue weighted by atomic mass is 16.5.